The van der Waals surface area contributed by atoms with Gasteiger partial charge in [-0.15, -0.1) is 11.3 Å². The highest BCUT2D eigenvalue weighted by molar-refractivity contribution is 7.11. The maximum absolute atomic E-state index is 9.12. The lowest BCUT2D eigenvalue weighted by atomic mass is 10.1. The Hall–Kier alpha value is -2.05. The van der Waals surface area contributed by atoms with Gasteiger partial charge in [0.2, 0.25) is 0 Å². The molecule has 1 aromatic carbocycles. The van der Waals surface area contributed by atoms with Crippen LogP contribution in [0.5, 0.6) is 0 Å². The lowest BCUT2D eigenvalue weighted by molar-refractivity contribution is 1.34. The number of allylic oxidation sites excluding steroid dienone is 1. The first-order chi connectivity index (χ1) is 8.70. The highest BCUT2D eigenvalue weighted by Crippen LogP contribution is 2.20. The van der Waals surface area contributed by atoms with Gasteiger partial charge < -0.3 is 5.32 Å². The molecule has 1 N–H and O–H groups in total. The maximum atomic E-state index is 9.12. The Morgan fingerprint density at radius 3 is 2.72 bits per heavy atom. The molecule has 0 spiro atoms. The molecule has 0 bridgehead atoms. The predicted octanol–water partition coefficient (Wildman–Crippen LogP) is 4.34. The Balaban J connectivity index is 2.19. The normalized spacial score (nSPS) is 11.1. The minimum absolute atomic E-state index is 0.656. The number of benzene rings is 1. The van der Waals surface area contributed by atoms with Crippen LogP contribution in [-0.4, -0.2) is 0 Å². The van der Waals surface area contributed by atoms with Crippen molar-refractivity contribution < 1.29 is 0 Å². The maximum Gasteiger partial charge on any atom is 0.102 e. The third-order valence-corrected chi connectivity index (χ3v) is 3.70. The Bertz CT molecular complexity index is 604. The summed E-state index contributed by atoms with van der Waals surface area (Å²) in [5.74, 6) is 0. The number of hydrogen-bond donors (Lipinski definition) is 1. The van der Waals surface area contributed by atoms with Gasteiger partial charge in [0.05, 0.1) is 5.57 Å². The van der Waals surface area contributed by atoms with Crippen LogP contribution >= 0.6 is 11.3 Å². The minimum atomic E-state index is 0.656. The summed E-state index contributed by atoms with van der Waals surface area (Å²) in [6, 6.07) is 12.3. The van der Waals surface area contributed by atoms with Crippen molar-refractivity contribution in [3.63, 3.8) is 0 Å². The summed E-state index contributed by atoms with van der Waals surface area (Å²) in [5, 5.41) is 14.3. The van der Waals surface area contributed by atoms with Crippen LogP contribution in [0.2, 0.25) is 0 Å². The Morgan fingerprint density at radius 2 is 2.11 bits per heavy atom. The van der Waals surface area contributed by atoms with E-state index in [1.54, 1.807) is 17.5 Å². The zero-order valence-electron chi connectivity index (χ0n) is 10.4. The predicted molar refractivity (Wildman–Crippen MR) is 77.4 cm³/mol. The van der Waals surface area contributed by atoms with Crippen LogP contribution in [0.3, 0.4) is 0 Å². The lowest BCUT2D eigenvalue weighted by Gasteiger charge is -2.05. The van der Waals surface area contributed by atoms with Crippen LogP contribution < -0.4 is 5.32 Å². The molecule has 2 rings (SSSR count). The molecule has 0 saturated heterocycles. The summed E-state index contributed by atoms with van der Waals surface area (Å²) in [4.78, 5) is 0.980. The van der Waals surface area contributed by atoms with Crippen molar-refractivity contribution in [2.75, 3.05) is 5.32 Å². The number of nitriles is 1. The molecule has 2 nitrogen and oxygen atoms in total. The summed E-state index contributed by atoms with van der Waals surface area (Å²) in [7, 11) is 0. The highest BCUT2D eigenvalue weighted by Gasteiger charge is 2.01. The van der Waals surface area contributed by atoms with Crippen molar-refractivity contribution in [2.24, 2.45) is 0 Å². The number of anilines is 1. The fourth-order valence-corrected chi connectivity index (χ4v) is 2.27. The van der Waals surface area contributed by atoms with E-state index in [4.69, 9.17) is 5.26 Å². The van der Waals surface area contributed by atoms with Crippen molar-refractivity contribution in [3.05, 3.63) is 57.9 Å². The Kier molecular flexibility index (Phi) is 3.81. The van der Waals surface area contributed by atoms with Crippen molar-refractivity contribution in [1.82, 2.24) is 0 Å². The van der Waals surface area contributed by atoms with E-state index in [9.17, 15) is 0 Å². The van der Waals surface area contributed by atoms with E-state index in [1.807, 2.05) is 23.6 Å². The highest BCUT2D eigenvalue weighted by atomic mass is 32.1. The third kappa shape index (κ3) is 2.79. The molecular formula is C15H14N2S. The quantitative estimate of drug-likeness (QED) is 0.827. The number of hydrogen-bond acceptors (Lipinski definition) is 3. The van der Waals surface area contributed by atoms with E-state index in [-0.39, 0.29) is 0 Å². The van der Waals surface area contributed by atoms with Gasteiger partial charge in [-0.3, -0.25) is 0 Å². The monoisotopic (exact) mass is 254 g/mol. The van der Waals surface area contributed by atoms with Gasteiger partial charge in [-0.05, 0) is 48.6 Å². The van der Waals surface area contributed by atoms with Gasteiger partial charge in [-0.1, -0.05) is 12.1 Å². The molecule has 1 heterocycles. The molecular weight excluding hydrogens is 240 g/mol. The Labute approximate surface area is 111 Å². The molecule has 18 heavy (non-hydrogen) atoms. The summed E-state index contributed by atoms with van der Waals surface area (Å²) < 4.78 is 0. The number of thiophene rings is 1. The molecule has 0 fully saturated rings. The van der Waals surface area contributed by atoms with Crippen LogP contribution in [0.1, 0.15) is 16.0 Å². The van der Waals surface area contributed by atoms with Gasteiger partial charge in [0.15, 0.2) is 0 Å². The SMILES string of the molecule is Cc1ccc(N/C=C(\C#N)c2cccs2)cc1C. The minimum Gasteiger partial charge on any atom is -0.360 e. The van der Waals surface area contributed by atoms with Gasteiger partial charge in [0.25, 0.3) is 0 Å². The first kappa shape index (κ1) is 12.4. The van der Waals surface area contributed by atoms with E-state index in [1.165, 1.54) is 11.1 Å². The second-order valence-corrected chi connectivity index (χ2v) is 5.04. The van der Waals surface area contributed by atoms with Crippen LogP contribution in [0.15, 0.2) is 41.9 Å². The molecule has 0 aliphatic heterocycles. The first-order valence-corrected chi connectivity index (χ1v) is 6.56. The van der Waals surface area contributed by atoms with Crippen LogP contribution in [-0.2, 0) is 0 Å². The fourth-order valence-electron chi connectivity index (χ4n) is 1.58. The number of nitrogens with zero attached hydrogens (tertiary/aromatic N) is 1. The summed E-state index contributed by atoms with van der Waals surface area (Å²) in [6.07, 6.45) is 1.76. The van der Waals surface area contributed by atoms with E-state index in [0.29, 0.717) is 5.57 Å². The zero-order valence-corrected chi connectivity index (χ0v) is 11.2. The van der Waals surface area contributed by atoms with E-state index in [0.717, 1.165) is 10.6 Å². The zero-order chi connectivity index (χ0) is 13.0. The molecule has 0 aliphatic rings. The molecule has 2 aromatic rings. The fraction of sp³-hybridized carbons (Fsp3) is 0.133. The molecule has 0 aliphatic carbocycles. The second-order valence-electron chi connectivity index (χ2n) is 4.09. The van der Waals surface area contributed by atoms with Crippen LogP contribution in [0.25, 0.3) is 5.57 Å². The van der Waals surface area contributed by atoms with Crippen LogP contribution in [0.4, 0.5) is 5.69 Å². The van der Waals surface area contributed by atoms with E-state index >= 15 is 0 Å². The molecule has 3 heteroatoms. The lowest BCUT2D eigenvalue weighted by Crippen LogP contribution is -1.91. The molecule has 1 aromatic heterocycles. The van der Waals surface area contributed by atoms with Crippen LogP contribution in [0, 0.1) is 25.2 Å². The molecule has 0 saturated carbocycles. The largest absolute Gasteiger partial charge is 0.360 e. The van der Waals surface area contributed by atoms with Gasteiger partial charge in [-0.25, -0.2) is 0 Å². The second kappa shape index (κ2) is 5.52. The molecule has 90 valence electrons. The van der Waals surface area contributed by atoms with Crippen molar-refractivity contribution >= 4 is 22.6 Å². The standard InChI is InChI=1S/C15H14N2S/c1-11-5-6-14(8-12(11)2)17-10-13(9-16)15-4-3-7-18-15/h3-8,10,17H,1-2H3/b13-10+. The Morgan fingerprint density at radius 1 is 1.28 bits per heavy atom. The smallest absolute Gasteiger partial charge is 0.102 e. The van der Waals surface area contributed by atoms with Crippen molar-refractivity contribution in [1.29, 1.82) is 5.26 Å². The summed E-state index contributed by atoms with van der Waals surface area (Å²) in [6.45, 7) is 4.16. The number of rotatable bonds is 3. The average molecular weight is 254 g/mol. The summed E-state index contributed by atoms with van der Waals surface area (Å²) in [5.41, 5.74) is 4.16. The topological polar surface area (TPSA) is 35.8 Å². The van der Waals surface area contributed by atoms with Gasteiger partial charge in [0.1, 0.15) is 6.07 Å². The number of aryl methyl sites for hydroxylation is 2. The van der Waals surface area contributed by atoms with Gasteiger partial charge in [-0.2, -0.15) is 5.26 Å². The van der Waals surface area contributed by atoms with Gasteiger partial charge >= 0.3 is 0 Å². The third-order valence-electron chi connectivity index (χ3n) is 2.80. The molecule has 0 amide bonds. The van der Waals surface area contributed by atoms with Crippen molar-refractivity contribution in [3.8, 4) is 6.07 Å². The average Bonchev–Trinajstić information content (AvgIpc) is 2.88. The molecule has 0 unspecified atom stereocenters. The van der Waals surface area contributed by atoms with Gasteiger partial charge in [0, 0.05) is 16.8 Å². The first-order valence-electron chi connectivity index (χ1n) is 5.68. The van der Waals surface area contributed by atoms with E-state index in [2.05, 4.69) is 37.4 Å². The van der Waals surface area contributed by atoms with Crippen molar-refractivity contribution in [2.45, 2.75) is 13.8 Å². The molecule has 0 atom stereocenters. The molecule has 0 radical (unpaired) electrons. The summed E-state index contributed by atoms with van der Waals surface area (Å²) >= 11 is 1.57. The number of nitrogens with one attached hydrogen (secondary N) is 1. The van der Waals surface area contributed by atoms with E-state index < -0.39 is 0 Å².